The summed E-state index contributed by atoms with van der Waals surface area (Å²) in [6.45, 7) is 5.36. The topological polar surface area (TPSA) is 21.3 Å². The van der Waals surface area contributed by atoms with Crippen molar-refractivity contribution in [2.45, 2.75) is 63.8 Å². The van der Waals surface area contributed by atoms with Gasteiger partial charge in [-0.15, -0.1) is 0 Å². The van der Waals surface area contributed by atoms with Gasteiger partial charge in [0, 0.05) is 17.0 Å². The number of ether oxygens (including phenoxy) is 1. The minimum atomic E-state index is 0.147. The average molecular weight is 287 g/mol. The highest BCUT2D eigenvalue weighted by atomic mass is 16.5. The summed E-state index contributed by atoms with van der Waals surface area (Å²) in [5.74, 6) is 1.98. The monoisotopic (exact) mass is 287 g/mol. The first kappa shape index (κ1) is 14.9. The van der Waals surface area contributed by atoms with E-state index in [9.17, 15) is 0 Å². The van der Waals surface area contributed by atoms with Crippen LogP contribution in [0, 0.1) is 5.92 Å². The summed E-state index contributed by atoms with van der Waals surface area (Å²) in [5, 5.41) is 3.54. The largest absolute Gasteiger partial charge is 0.492 e. The molecule has 0 radical (unpaired) electrons. The van der Waals surface area contributed by atoms with E-state index >= 15 is 0 Å². The molecule has 0 spiro atoms. The second-order valence-corrected chi connectivity index (χ2v) is 7.51. The van der Waals surface area contributed by atoms with Gasteiger partial charge in [-0.2, -0.15) is 0 Å². The van der Waals surface area contributed by atoms with E-state index in [0.29, 0.717) is 6.04 Å². The highest BCUT2D eigenvalue weighted by molar-refractivity contribution is 5.45. The van der Waals surface area contributed by atoms with E-state index in [-0.39, 0.29) is 5.41 Å². The third kappa shape index (κ3) is 3.11. The molecule has 3 rings (SSSR count). The lowest BCUT2D eigenvalue weighted by atomic mass is 9.81. The van der Waals surface area contributed by atoms with E-state index in [1.807, 2.05) is 0 Å². The van der Waals surface area contributed by atoms with E-state index in [0.717, 1.165) is 18.3 Å². The van der Waals surface area contributed by atoms with Crippen LogP contribution >= 0.6 is 0 Å². The number of benzene rings is 1. The van der Waals surface area contributed by atoms with Crippen LogP contribution in [-0.2, 0) is 5.41 Å². The van der Waals surface area contributed by atoms with Gasteiger partial charge in [0.2, 0.25) is 0 Å². The molecule has 0 bridgehead atoms. The fraction of sp³-hybridized carbons (Fsp3) is 0.684. The SMILES string of the molecule is CNC(CC1CCCCC1)c1ccc2c(c1)C(C)(C)CO2. The quantitative estimate of drug-likeness (QED) is 0.874. The molecule has 1 aliphatic carbocycles. The third-order valence-electron chi connectivity index (χ3n) is 5.37. The van der Waals surface area contributed by atoms with Crippen molar-refractivity contribution in [1.29, 1.82) is 0 Å². The zero-order chi connectivity index (χ0) is 14.9. The zero-order valence-corrected chi connectivity index (χ0v) is 13.7. The van der Waals surface area contributed by atoms with Crippen molar-refractivity contribution in [3.05, 3.63) is 29.3 Å². The van der Waals surface area contributed by atoms with Crippen LogP contribution in [0.2, 0.25) is 0 Å². The van der Waals surface area contributed by atoms with Crippen molar-refractivity contribution in [2.75, 3.05) is 13.7 Å². The highest BCUT2D eigenvalue weighted by Crippen LogP contribution is 2.40. The summed E-state index contributed by atoms with van der Waals surface area (Å²) in [5.41, 5.74) is 2.96. The summed E-state index contributed by atoms with van der Waals surface area (Å²) >= 11 is 0. The predicted molar refractivity (Wildman–Crippen MR) is 88.0 cm³/mol. The van der Waals surface area contributed by atoms with E-state index in [2.05, 4.69) is 44.4 Å². The number of rotatable bonds is 4. The molecule has 1 atom stereocenters. The highest BCUT2D eigenvalue weighted by Gasteiger charge is 2.32. The molecule has 1 fully saturated rings. The lowest BCUT2D eigenvalue weighted by Crippen LogP contribution is -2.22. The molecule has 0 saturated heterocycles. The second kappa shape index (κ2) is 6.00. The smallest absolute Gasteiger partial charge is 0.123 e. The van der Waals surface area contributed by atoms with Crippen molar-refractivity contribution in [2.24, 2.45) is 5.92 Å². The van der Waals surface area contributed by atoms with Crippen LogP contribution in [0.3, 0.4) is 0 Å². The number of hydrogen-bond acceptors (Lipinski definition) is 2. The Bertz CT molecular complexity index is 488. The maximum Gasteiger partial charge on any atom is 0.123 e. The number of fused-ring (bicyclic) bond motifs is 1. The van der Waals surface area contributed by atoms with Crippen molar-refractivity contribution in [3.63, 3.8) is 0 Å². The maximum absolute atomic E-state index is 5.81. The molecule has 0 amide bonds. The van der Waals surface area contributed by atoms with Crippen LogP contribution in [-0.4, -0.2) is 13.7 Å². The Labute approximate surface area is 129 Å². The van der Waals surface area contributed by atoms with Crippen molar-refractivity contribution >= 4 is 0 Å². The summed E-state index contributed by atoms with van der Waals surface area (Å²) in [6, 6.07) is 7.29. The molecule has 116 valence electrons. The van der Waals surface area contributed by atoms with Crippen molar-refractivity contribution in [3.8, 4) is 5.75 Å². The zero-order valence-electron chi connectivity index (χ0n) is 13.7. The predicted octanol–water partition coefficient (Wildman–Crippen LogP) is 4.59. The Balaban J connectivity index is 1.78. The van der Waals surface area contributed by atoms with Crippen LogP contribution in [0.5, 0.6) is 5.75 Å². The summed E-state index contributed by atoms with van der Waals surface area (Å²) < 4.78 is 5.81. The van der Waals surface area contributed by atoms with Gasteiger partial charge in [-0.1, -0.05) is 52.0 Å². The normalized spacial score (nSPS) is 22.6. The Morgan fingerprint density at radius 3 is 2.71 bits per heavy atom. The van der Waals surface area contributed by atoms with Crippen molar-refractivity contribution < 1.29 is 4.74 Å². The summed E-state index contributed by atoms with van der Waals surface area (Å²) in [4.78, 5) is 0. The molecule has 1 unspecified atom stereocenters. The Kier molecular flexibility index (Phi) is 4.26. The van der Waals surface area contributed by atoms with Crippen LogP contribution in [0.25, 0.3) is 0 Å². The van der Waals surface area contributed by atoms with Gasteiger partial charge in [0.05, 0.1) is 6.61 Å². The van der Waals surface area contributed by atoms with Crippen LogP contribution in [0.15, 0.2) is 18.2 Å². The maximum atomic E-state index is 5.81. The lowest BCUT2D eigenvalue weighted by Gasteiger charge is -2.27. The Hall–Kier alpha value is -1.02. The molecule has 2 aliphatic rings. The van der Waals surface area contributed by atoms with E-state index < -0.39 is 0 Å². The molecular formula is C19H29NO. The van der Waals surface area contributed by atoms with Gasteiger partial charge in [-0.3, -0.25) is 0 Å². The average Bonchev–Trinajstić information content (AvgIpc) is 2.81. The molecule has 0 aromatic heterocycles. The Morgan fingerprint density at radius 1 is 1.24 bits per heavy atom. The van der Waals surface area contributed by atoms with Gasteiger partial charge in [0.25, 0.3) is 0 Å². The van der Waals surface area contributed by atoms with Crippen molar-refractivity contribution in [1.82, 2.24) is 5.32 Å². The molecule has 1 heterocycles. The lowest BCUT2D eigenvalue weighted by molar-refractivity contribution is 0.291. The van der Waals surface area contributed by atoms with Gasteiger partial charge in [-0.05, 0) is 37.1 Å². The van der Waals surface area contributed by atoms with Crippen LogP contribution < -0.4 is 10.1 Å². The Morgan fingerprint density at radius 2 is 2.00 bits per heavy atom. The fourth-order valence-corrected chi connectivity index (χ4v) is 3.93. The summed E-state index contributed by atoms with van der Waals surface area (Å²) in [7, 11) is 2.10. The third-order valence-corrected chi connectivity index (χ3v) is 5.37. The molecule has 1 saturated carbocycles. The summed E-state index contributed by atoms with van der Waals surface area (Å²) in [6.07, 6.45) is 8.38. The van der Waals surface area contributed by atoms with E-state index in [1.165, 1.54) is 49.7 Å². The molecule has 1 aromatic rings. The van der Waals surface area contributed by atoms with Crippen LogP contribution in [0.1, 0.15) is 69.5 Å². The minimum Gasteiger partial charge on any atom is -0.492 e. The molecule has 1 aromatic carbocycles. The first-order valence-corrected chi connectivity index (χ1v) is 8.54. The number of nitrogens with one attached hydrogen (secondary N) is 1. The second-order valence-electron chi connectivity index (χ2n) is 7.51. The number of hydrogen-bond donors (Lipinski definition) is 1. The van der Waals surface area contributed by atoms with Crippen LogP contribution in [0.4, 0.5) is 0 Å². The first-order valence-electron chi connectivity index (χ1n) is 8.54. The molecule has 2 nitrogen and oxygen atoms in total. The van der Waals surface area contributed by atoms with E-state index in [1.54, 1.807) is 0 Å². The standard InChI is InChI=1S/C19H29NO/c1-19(2)13-21-18-10-9-15(12-16(18)19)17(20-3)11-14-7-5-4-6-8-14/h9-10,12,14,17,20H,4-8,11,13H2,1-3H3. The van der Waals surface area contributed by atoms with Gasteiger partial charge >= 0.3 is 0 Å². The molecular weight excluding hydrogens is 258 g/mol. The van der Waals surface area contributed by atoms with Gasteiger partial charge in [0.1, 0.15) is 5.75 Å². The van der Waals surface area contributed by atoms with Gasteiger partial charge in [0.15, 0.2) is 0 Å². The molecule has 21 heavy (non-hydrogen) atoms. The fourth-order valence-electron chi connectivity index (χ4n) is 3.93. The molecule has 1 N–H and O–H groups in total. The van der Waals surface area contributed by atoms with E-state index in [4.69, 9.17) is 4.74 Å². The molecule has 2 heteroatoms. The molecule has 1 aliphatic heterocycles. The first-order chi connectivity index (χ1) is 10.1. The van der Waals surface area contributed by atoms with Gasteiger partial charge < -0.3 is 10.1 Å². The minimum absolute atomic E-state index is 0.147. The van der Waals surface area contributed by atoms with Gasteiger partial charge in [-0.25, -0.2) is 0 Å².